The normalized spacial score (nSPS) is 24.0. The van der Waals surface area contributed by atoms with Crippen LogP contribution in [0.2, 0.25) is 5.04 Å². The molecule has 2 aliphatic rings. The van der Waals surface area contributed by atoms with E-state index >= 15 is 0 Å². The lowest BCUT2D eigenvalue weighted by Gasteiger charge is -2.44. The molecule has 2 aliphatic heterocycles. The zero-order valence-electron chi connectivity index (χ0n) is 22.5. The van der Waals surface area contributed by atoms with Crippen LogP contribution in [-0.2, 0) is 28.3 Å². The minimum absolute atomic E-state index is 0.00179. The van der Waals surface area contributed by atoms with E-state index in [0.717, 1.165) is 12.8 Å². The summed E-state index contributed by atoms with van der Waals surface area (Å²) in [5.41, 5.74) is 0. The van der Waals surface area contributed by atoms with Crippen LogP contribution in [0.3, 0.4) is 0 Å². The molecule has 2 aromatic rings. The summed E-state index contributed by atoms with van der Waals surface area (Å²) >= 11 is 0. The fourth-order valence-electron chi connectivity index (χ4n) is 6.04. The molecule has 8 heteroatoms. The number of hydrogen-bond donors (Lipinski definition) is 0. The van der Waals surface area contributed by atoms with Crippen molar-refractivity contribution in [1.82, 2.24) is 5.06 Å². The van der Waals surface area contributed by atoms with Gasteiger partial charge >= 0.3 is 11.9 Å². The average Bonchev–Trinajstić information content (AvgIpc) is 3.46. The molecule has 2 saturated heterocycles. The zero-order valence-corrected chi connectivity index (χ0v) is 23.5. The number of esters is 2. The number of rotatable bonds is 9. The number of ether oxygens (including phenoxy) is 2. The SMILES string of the molecule is COC(=O)CC[C@@H]1ON2[C@H](CO[Si](c3ccccc3)(c3ccccc3)C(C)(C)C)CC[C@H]2[C@H]1C(=O)OC. The summed E-state index contributed by atoms with van der Waals surface area (Å²) in [4.78, 5) is 30.9. The number of carbonyl (C=O) groups is 2. The zero-order chi connectivity index (χ0) is 26.6. The van der Waals surface area contributed by atoms with Crippen LogP contribution in [0.4, 0.5) is 0 Å². The molecular formula is C29H39NO6Si. The van der Waals surface area contributed by atoms with Crippen LogP contribution >= 0.6 is 0 Å². The van der Waals surface area contributed by atoms with Crippen molar-refractivity contribution in [2.75, 3.05) is 20.8 Å². The van der Waals surface area contributed by atoms with Crippen LogP contribution in [0.5, 0.6) is 0 Å². The van der Waals surface area contributed by atoms with Gasteiger partial charge in [0, 0.05) is 6.42 Å². The van der Waals surface area contributed by atoms with Gasteiger partial charge in [0.25, 0.3) is 8.32 Å². The first-order valence-corrected chi connectivity index (χ1v) is 15.0. The van der Waals surface area contributed by atoms with Crippen LogP contribution in [0.25, 0.3) is 0 Å². The maximum atomic E-state index is 12.7. The number of nitrogens with zero attached hydrogens (tertiary/aromatic N) is 1. The number of carbonyl (C=O) groups excluding carboxylic acids is 2. The van der Waals surface area contributed by atoms with E-state index in [1.165, 1.54) is 24.6 Å². The molecule has 7 nitrogen and oxygen atoms in total. The lowest BCUT2D eigenvalue weighted by molar-refractivity contribution is -0.182. The second kappa shape index (κ2) is 11.5. The summed E-state index contributed by atoms with van der Waals surface area (Å²) in [5.74, 6) is -1.05. The van der Waals surface area contributed by atoms with Crippen LogP contribution in [0.1, 0.15) is 46.5 Å². The highest BCUT2D eigenvalue weighted by atomic mass is 28.4. The minimum atomic E-state index is -2.69. The third-order valence-corrected chi connectivity index (χ3v) is 12.8. The molecule has 0 bridgehead atoms. The van der Waals surface area contributed by atoms with Crippen molar-refractivity contribution >= 4 is 30.6 Å². The maximum absolute atomic E-state index is 12.7. The Morgan fingerprint density at radius 1 is 0.946 bits per heavy atom. The number of hydroxylamine groups is 2. The molecule has 2 heterocycles. The summed E-state index contributed by atoms with van der Waals surface area (Å²) in [5, 5.41) is 4.29. The van der Waals surface area contributed by atoms with Gasteiger partial charge in [-0.1, -0.05) is 81.4 Å². The summed E-state index contributed by atoms with van der Waals surface area (Å²) in [6.45, 7) is 7.28. The van der Waals surface area contributed by atoms with Gasteiger partial charge in [-0.2, -0.15) is 5.06 Å². The molecule has 0 saturated carbocycles. The van der Waals surface area contributed by atoms with Gasteiger partial charge in [-0.25, -0.2) is 0 Å². The number of fused-ring (bicyclic) bond motifs is 1. The molecule has 37 heavy (non-hydrogen) atoms. The molecule has 0 radical (unpaired) electrons. The smallest absolute Gasteiger partial charge is 0.313 e. The number of methoxy groups -OCH3 is 2. The van der Waals surface area contributed by atoms with E-state index < -0.39 is 20.3 Å². The van der Waals surface area contributed by atoms with Gasteiger partial charge in [-0.15, -0.1) is 0 Å². The van der Waals surface area contributed by atoms with Gasteiger partial charge in [0.05, 0.1) is 39.0 Å². The Kier molecular flexibility index (Phi) is 8.53. The first-order chi connectivity index (χ1) is 17.7. The molecule has 0 spiro atoms. The summed E-state index contributed by atoms with van der Waals surface area (Å²) in [6.07, 6.45) is 1.84. The van der Waals surface area contributed by atoms with Crippen LogP contribution in [-0.4, -0.2) is 64.3 Å². The number of hydrogen-bond acceptors (Lipinski definition) is 7. The largest absolute Gasteiger partial charge is 0.469 e. The standard InChI is InChI=1S/C29H39NO6Si/c1-29(2,3)37(22-12-8-6-9-13-22,23-14-10-7-11-15-23)35-20-21-16-17-24-27(28(32)34-5)25(36-30(21)24)18-19-26(31)33-4/h6-15,21,24-25,27H,16-20H2,1-5H3/t21-,24-,25-,27+/m0/s1. The average molecular weight is 526 g/mol. The van der Waals surface area contributed by atoms with E-state index in [9.17, 15) is 9.59 Å². The van der Waals surface area contributed by atoms with Crippen molar-refractivity contribution < 1.29 is 28.3 Å². The molecular weight excluding hydrogens is 486 g/mol. The molecule has 0 unspecified atom stereocenters. The van der Waals surface area contributed by atoms with Crippen molar-refractivity contribution in [2.24, 2.45) is 5.92 Å². The maximum Gasteiger partial charge on any atom is 0.313 e. The predicted molar refractivity (Wildman–Crippen MR) is 144 cm³/mol. The topological polar surface area (TPSA) is 74.3 Å². The first-order valence-electron chi connectivity index (χ1n) is 13.1. The van der Waals surface area contributed by atoms with Crippen LogP contribution < -0.4 is 10.4 Å². The molecule has 2 aromatic carbocycles. The molecule has 0 aromatic heterocycles. The Balaban J connectivity index is 1.60. The molecule has 4 rings (SSSR count). The highest BCUT2D eigenvalue weighted by Gasteiger charge is 2.55. The van der Waals surface area contributed by atoms with E-state index in [4.69, 9.17) is 18.7 Å². The monoisotopic (exact) mass is 525 g/mol. The third kappa shape index (κ3) is 5.39. The van der Waals surface area contributed by atoms with E-state index in [2.05, 4.69) is 69.3 Å². The second-order valence-electron chi connectivity index (χ2n) is 10.9. The summed E-state index contributed by atoms with van der Waals surface area (Å²) in [6, 6.07) is 21.0. The Hall–Kier alpha value is -2.52. The Morgan fingerprint density at radius 3 is 2.05 bits per heavy atom. The van der Waals surface area contributed by atoms with E-state index in [0.29, 0.717) is 13.0 Å². The van der Waals surface area contributed by atoms with Gasteiger partial charge in [-0.3, -0.25) is 14.4 Å². The Bertz CT molecular complexity index is 1020. The van der Waals surface area contributed by atoms with E-state index in [1.54, 1.807) is 0 Å². The first kappa shape index (κ1) is 27.5. The van der Waals surface area contributed by atoms with E-state index in [1.807, 2.05) is 17.2 Å². The number of benzene rings is 2. The van der Waals surface area contributed by atoms with Gasteiger partial charge in [0.1, 0.15) is 5.92 Å². The summed E-state index contributed by atoms with van der Waals surface area (Å²) < 4.78 is 17.1. The predicted octanol–water partition coefficient (Wildman–Crippen LogP) is 3.45. The summed E-state index contributed by atoms with van der Waals surface area (Å²) in [7, 11) is 0.0772. The second-order valence-corrected chi connectivity index (χ2v) is 15.2. The Labute approximate surface area is 221 Å². The van der Waals surface area contributed by atoms with Gasteiger partial charge in [0.2, 0.25) is 0 Å². The van der Waals surface area contributed by atoms with Crippen LogP contribution in [0, 0.1) is 5.92 Å². The quantitative estimate of drug-likeness (QED) is 0.367. The Morgan fingerprint density at radius 2 is 1.54 bits per heavy atom. The van der Waals surface area contributed by atoms with Crippen molar-refractivity contribution in [3.05, 3.63) is 60.7 Å². The highest BCUT2D eigenvalue weighted by molar-refractivity contribution is 6.99. The fourth-order valence-corrected chi connectivity index (χ4v) is 10.6. The van der Waals surface area contributed by atoms with E-state index in [-0.39, 0.29) is 35.5 Å². The van der Waals surface area contributed by atoms with Crippen molar-refractivity contribution in [1.29, 1.82) is 0 Å². The van der Waals surface area contributed by atoms with Gasteiger partial charge < -0.3 is 13.9 Å². The molecule has 200 valence electrons. The highest BCUT2D eigenvalue weighted by Crippen LogP contribution is 2.42. The van der Waals surface area contributed by atoms with Gasteiger partial charge in [0.15, 0.2) is 0 Å². The third-order valence-electron chi connectivity index (χ3n) is 7.80. The minimum Gasteiger partial charge on any atom is -0.469 e. The lowest BCUT2D eigenvalue weighted by Crippen LogP contribution is -2.67. The molecule has 0 aliphatic carbocycles. The molecule has 2 fully saturated rings. The molecule has 4 atom stereocenters. The van der Waals surface area contributed by atoms with Crippen LogP contribution in [0.15, 0.2) is 60.7 Å². The molecule has 0 N–H and O–H groups in total. The van der Waals surface area contributed by atoms with Crippen molar-refractivity contribution in [3.8, 4) is 0 Å². The van der Waals surface area contributed by atoms with Crippen molar-refractivity contribution in [3.63, 3.8) is 0 Å². The fraction of sp³-hybridized carbons (Fsp3) is 0.517. The lowest BCUT2D eigenvalue weighted by atomic mass is 9.91. The van der Waals surface area contributed by atoms with Crippen molar-refractivity contribution in [2.45, 2.75) is 69.7 Å². The molecule has 0 amide bonds. The van der Waals surface area contributed by atoms with Gasteiger partial charge in [-0.05, 0) is 34.7 Å².